The van der Waals surface area contributed by atoms with Gasteiger partial charge in [-0.25, -0.2) is 0 Å². The van der Waals surface area contributed by atoms with Crippen LogP contribution in [0.5, 0.6) is 0 Å². The van der Waals surface area contributed by atoms with E-state index in [2.05, 4.69) is 5.10 Å². The molecule has 0 saturated carbocycles. The Kier molecular flexibility index (Phi) is 4.58. The quantitative estimate of drug-likeness (QED) is 0.392. The smallest absolute Gasteiger partial charge is 0.298 e. The molecule has 0 aliphatic heterocycles. The molecule has 128 valence electrons. The zero-order valence-corrected chi connectivity index (χ0v) is 15.1. The molecule has 3 rings (SSSR count). The van der Waals surface area contributed by atoms with Gasteiger partial charge in [0.2, 0.25) is 0 Å². The monoisotopic (exact) mass is 478 g/mol. The van der Waals surface area contributed by atoms with Crippen molar-refractivity contribution in [2.45, 2.75) is 6.18 Å². The molecule has 0 unspecified atom stereocenters. The van der Waals surface area contributed by atoms with Crippen LogP contribution >= 0.6 is 34.2 Å². The Hall–Kier alpha value is -1.94. The summed E-state index contributed by atoms with van der Waals surface area (Å²) in [6, 6.07) is 7.61. The van der Waals surface area contributed by atoms with Crippen LogP contribution in [0, 0.1) is 3.70 Å². The molecule has 0 aliphatic carbocycles. The number of carbonyl (C=O) groups excluding carboxylic acids is 2. The van der Waals surface area contributed by atoms with E-state index in [-0.39, 0.29) is 16.1 Å². The highest BCUT2D eigenvalue weighted by Crippen LogP contribution is 2.36. The third kappa shape index (κ3) is 3.15. The zero-order chi connectivity index (χ0) is 18.4. The molecule has 0 N–H and O–H groups in total. The summed E-state index contributed by atoms with van der Waals surface area (Å²) in [4.78, 5) is 23.7. The van der Waals surface area contributed by atoms with Crippen LogP contribution in [0.4, 0.5) is 13.2 Å². The zero-order valence-electron chi connectivity index (χ0n) is 12.1. The van der Waals surface area contributed by atoms with Gasteiger partial charge in [-0.15, -0.1) is 0 Å². The van der Waals surface area contributed by atoms with E-state index in [1.54, 1.807) is 6.07 Å². The van der Waals surface area contributed by atoms with Gasteiger partial charge in [-0.1, -0.05) is 23.7 Å². The van der Waals surface area contributed by atoms with Crippen LogP contribution in [0.15, 0.2) is 36.4 Å². The standard InChI is InChI=1S/C16H7ClF3IN2O2/c17-11-3-1-2-10(16(18,19)20)13(11)15(25)23-12-6-8(7-24)4-5-9(12)14(21)22-23/h1-7H. The van der Waals surface area contributed by atoms with Gasteiger partial charge < -0.3 is 0 Å². The van der Waals surface area contributed by atoms with E-state index in [0.29, 0.717) is 15.4 Å². The van der Waals surface area contributed by atoms with E-state index in [0.717, 1.165) is 16.8 Å². The van der Waals surface area contributed by atoms with Crippen molar-refractivity contribution < 1.29 is 22.8 Å². The molecule has 25 heavy (non-hydrogen) atoms. The molecule has 0 saturated heterocycles. The van der Waals surface area contributed by atoms with Crippen molar-refractivity contribution in [3.63, 3.8) is 0 Å². The average molecular weight is 479 g/mol. The molecule has 2 aromatic carbocycles. The molecule has 0 spiro atoms. The fraction of sp³-hybridized carbons (Fsp3) is 0.0625. The lowest BCUT2D eigenvalue weighted by atomic mass is 10.1. The highest BCUT2D eigenvalue weighted by Gasteiger charge is 2.37. The molecule has 0 aliphatic rings. The van der Waals surface area contributed by atoms with E-state index in [4.69, 9.17) is 11.6 Å². The van der Waals surface area contributed by atoms with Crippen molar-refractivity contribution >= 4 is 57.3 Å². The number of halogens is 5. The van der Waals surface area contributed by atoms with Crippen LogP contribution in [0.3, 0.4) is 0 Å². The minimum atomic E-state index is -4.75. The van der Waals surface area contributed by atoms with E-state index in [1.807, 2.05) is 22.6 Å². The topological polar surface area (TPSA) is 52.0 Å². The number of benzene rings is 2. The van der Waals surface area contributed by atoms with Crippen molar-refractivity contribution in [1.29, 1.82) is 0 Å². The highest BCUT2D eigenvalue weighted by molar-refractivity contribution is 14.1. The molecular formula is C16H7ClF3IN2O2. The number of hydrogen-bond acceptors (Lipinski definition) is 3. The van der Waals surface area contributed by atoms with Crippen LogP contribution in [0.2, 0.25) is 5.02 Å². The molecule has 0 radical (unpaired) electrons. The van der Waals surface area contributed by atoms with Crippen molar-refractivity contribution in [2.75, 3.05) is 0 Å². The summed E-state index contributed by atoms with van der Waals surface area (Å²) in [5.41, 5.74) is -1.33. The Balaban J connectivity index is 2.27. The third-order valence-electron chi connectivity index (χ3n) is 3.52. The van der Waals surface area contributed by atoms with Crippen molar-refractivity contribution in [2.24, 2.45) is 0 Å². The normalized spacial score (nSPS) is 11.7. The van der Waals surface area contributed by atoms with Crippen LogP contribution < -0.4 is 0 Å². The predicted molar refractivity (Wildman–Crippen MR) is 94.0 cm³/mol. The minimum Gasteiger partial charge on any atom is -0.298 e. The molecule has 0 fully saturated rings. The summed E-state index contributed by atoms with van der Waals surface area (Å²) in [5.74, 6) is -1.02. The van der Waals surface area contributed by atoms with Gasteiger partial charge in [0.1, 0.15) is 9.99 Å². The molecule has 1 aromatic heterocycles. The second-order valence-corrected chi connectivity index (χ2v) is 6.49. The summed E-state index contributed by atoms with van der Waals surface area (Å²) in [6.45, 7) is 0. The Morgan fingerprint density at radius 1 is 1.24 bits per heavy atom. The molecule has 0 atom stereocenters. The van der Waals surface area contributed by atoms with Gasteiger partial charge in [-0.3, -0.25) is 9.59 Å². The molecule has 4 nitrogen and oxygen atoms in total. The molecule has 0 bridgehead atoms. The summed E-state index contributed by atoms with van der Waals surface area (Å²) >= 11 is 7.74. The number of nitrogens with zero attached hydrogens (tertiary/aromatic N) is 2. The summed E-state index contributed by atoms with van der Waals surface area (Å²) < 4.78 is 41.0. The number of rotatable bonds is 2. The van der Waals surface area contributed by atoms with Crippen LogP contribution in [0.25, 0.3) is 10.9 Å². The predicted octanol–water partition coefficient (Wildman–Crippen LogP) is 4.81. The molecular weight excluding hydrogens is 472 g/mol. The average Bonchev–Trinajstić information content (AvgIpc) is 2.89. The number of aldehydes is 1. The summed E-state index contributed by atoms with van der Waals surface area (Å²) in [7, 11) is 0. The summed E-state index contributed by atoms with van der Waals surface area (Å²) in [5, 5.41) is 4.23. The van der Waals surface area contributed by atoms with E-state index in [9.17, 15) is 22.8 Å². The number of carbonyl (C=O) groups is 2. The van der Waals surface area contributed by atoms with Gasteiger partial charge in [0, 0.05) is 10.9 Å². The summed E-state index contributed by atoms with van der Waals surface area (Å²) in [6.07, 6.45) is -4.18. The largest absolute Gasteiger partial charge is 0.417 e. The van der Waals surface area contributed by atoms with Crippen LogP contribution in [0.1, 0.15) is 26.3 Å². The lowest BCUT2D eigenvalue weighted by molar-refractivity contribution is -0.137. The maximum atomic E-state index is 13.3. The third-order valence-corrected chi connectivity index (χ3v) is 4.63. The Bertz CT molecular complexity index is 1010. The number of fused-ring (bicyclic) bond motifs is 1. The van der Waals surface area contributed by atoms with Crippen molar-refractivity contribution in [3.8, 4) is 0 Å². The lowest BCUT2D eigenvalue weighted by Crippen LogP contribution is -2.20. The first-order chi connectivity index (χ1) is 11.7. The maximum absolute atomic E-state index is 13.3. The van der Waals surface area contributed by atoms with Gasteiger partial charge in [0.05, 0.1) is 21.7 Å². The SMILES string of the molecule is O=Cc1ccc2c(I)nn(C(=O)c3c(Cl)cccc3C(F)(F)F)c2c1. The minimum absolute atomic E-state index is 0.229. The Morgan fingerprint density at radius 3 is 2.60 bits per heavy atom. The van der Waals surface area contributed by atoms with Gasteiger partial charge in [-0.2, -0.15) is 23.0 Å². The fourth-order valence-corrected chi connectivity index (χ4v) is 3.33. The first kappa shape index (κ1) is 17.9. The molecule has 0 amide bonds. The highest BCUT2D eigenvalue weighted by atomic mass is 127. The van der Waals surface area contributed by atoms with Gasteiger partial charge >= 0.3 is 6.18 Å². The second-order valence-electron chi connectivity index (χ2n) is 5.06. The van der Waals surface area contributed by atoms with Crippen LogP contribution in [-0.2, 0) is 6.18 Å². The second kappa shape index (κ2) is 6.41. The van der Waals surface area contributed by atoms with E-state index in [1.165, 1.54) is 18.2 Å². The molecule has 1 heterocycles. The lowest BCUT2D eigenvalue weighted by Gasteiger charge is -2.13. The number of hydrogen-bond donors (Lipinski definition) is 0. The van der Waals surface area contributed by atoms with Gasteiger partial charge in [-0.05, 0) is 46.9 Å². The number of alkyl halides is 3. The van der Waals surface area contributed by atoms with Crippen LogP contribution in [-0.4, -0.2) is 22.0 Å². The first-order valence-electron chi connectivity index (χ1n) is 6.78. The Morgan fingerprint density at radius 2 is 1.96 bits per heavy atom. The number of aromatic nitrogens is 2. The fourth-order valence-electron chi connectivity index (χ4n) is 2.41. The molecule has 3 aromatic rings. The van der Waals surface area contributed by atoms with Crippen molar-refractivity contribution in [1.82, 2.24) is 9.78 Å². The van der Waals surface area contributed by atoms with E-state index >= 15 is 0 Å². The van der Waals surface area contributed by atoms with Gasteiger partial charge in [0.25, 0.3) is 5.91 Å². The first-order valence-corrected chi connectivity index (χ1v) is 8.23. The van der Waals surface area contributed by atoms with Gasteiger partial charge in [0.15, 0.2) is 0 Å². The van der Waals surface area contributed by atoms with E-state index < -0.39 is 23.2 Å². The Labute approximate surface area is 157 Å². The van der Waals surface area contributed by atoms with Crippen molar-refractivity contribution in [3.05, 3.63) is 61.8 Å². The maximum Gasteiger partial charge on any atom is 0.417 e. The molecule has 9 heteroatoms.